The average Bonchev–Trinajstić information content (AvgIpc) is 3.35. The van der Waals surface area contributed by atoms with Crippen molar-refractivity contribution in [3.63, 3.8) is 0 Å². The zero-order valence-corrected chi connectivity index (χ0v) is 21.4. The lowest BCUT2D eigenvalue weighted by atomic mass is 10.1. The topological polar surface area (TPSA) is 108 Å². The summed E-state index contributed by atoms with van der Waals surface area (Å²) in [4.78, 5) is 37.6. The zero-order valence-electron chi connectivity index (χ0n) is 21.4. The van der Waals surface area contributed by atoms with Crippen LogP contribution < -0.4 is 15.5 Å². The van der Waals surface area contributed by atoms with Gasteiger partial charge < -0.3 is 15.5 Å². The minimum atomic E-state index is -4.38. The first-order valence-electron chi connectivity index (χ1n) is 11.6. The number of carbonyl (C=O) groups excluding carboxylic acids is 2. The molecule has 1 unspecified atom stereocenters. The van der Waals surface area contributed by atoms with Crippen molar-refractivity contribution < 1.29 is 22.8 Å². The van der Waals surface area contributed by atoms with Crippen LogP contribution in [-0.4, -0.2) is 77.1 Å². The van der Waals surface area contributed by atoms with Gasteiger partial charge in [0.15, 0.2) is 5.82 Å². The fourth-order valence-corrected chi connectivity index (χ4v) is 4.01. The molecule has 2 aromatic heterocycles. The van der Waals surface area contributed by atoms with Crippen LogP contribution >= 0.6 is 0 Å². The van der Waals surface area contributed by atoms with Crippen LogP contribution in [0.4, 0.5) is 30.5 Å². The Morgan fingerprint density at radius 3 is 2.73 bits per heavy atom. The maximum absolute atomic E-state index is 13.1. The number of pyridine rings is 1. The Labute approximate surface area is 213 Å². The maximum Gasteiger partial charge on any atom is 0.405 e. The predicted octanol–water partition coefficient (Wildman–Crippen LogP) is 3.06. The van der Waals surface area contributed by atoms with Crippen LogP contribution in [0, 0.1) is 5.92 Å². The van der Waals surface area contributed by atoms with Gasteiger partial charge in [0.1, 0.15) is 23.7 Å². The fourth-order valence-electron chi connectivity index (χ4n) is 4.01. The van der Waals surface area contributed by atoms with Crippen LogP contribution in [-0.2, 0) is 16.6 Å². The lowest BCUT2D eigenvalue weighted by molar-refractivity contribution is -0.117. The van der Waals surface area contributed by atoms with Crippen molar-refractivity contribution in [2.24, 2.45) is 18.0 Å². The number of aliphatic imine (C=N–C) groups is 1. The van der Waals surface area contributed by atoms with E-state index in [0.29, 0.717) is 35.7 Å². The van der Waals surface area contributed by atoms with Crippen molar-refractivity contribution in [3.05, 3.63) is 41.9 Å². The highest BCUT2D eigenvalue weighted by atomic mass is 19.4. The SMILES string of the molecule is C/C=C(\N=C(/C)c1ccnc(NCC(F)(F)F)c1)C(=O)Nc1cn(C)nc1N1CC(CN(C)C)CC1=O. The second-order valence-electron chi connectivity index (χ2n) is 9.10. The first kappa shape index (κ1) is 27.8. The van der Waals surface area contributed by atoms with Crippen molar-refractivity contribution in [2.75, 3.05) is 49.3 Å². The van der Waals surface area contributed by atoms with Gasteiger partial charge in [0.05, 0.1) is 6.20 Å². The Bertz CT molecular complexity index is 1200. The highest BCUT2D eigenvalue weighted by molar-refractivity contribution is 6.09. The van der Waals surface area contributed by atoms with Gasteiger partial charge in [-0.15, -0.1) is 0 Å². The summed E-state index contributed by atoms with van der Waals surface area (Å²) in [6, 6.07) is 3.02. The molecule has 0 radical (unpaired) electrons. The number of rotatable bonds is 9. The standard InChI is InChI=1S/C24H31F3N8O2/c1-6-18(30-15(2)17-7-8-28-20(10-17)29-14-24(25,26)27)23(37)31-19-13-34(5)32-22(19)35-12-16(9-21(35)36)11-33(3)4/h6-8,10,13,16H,9,11-12,14H2,1-5H3,(H,28,29)(H,31,37)/b18-6-,30-15+. The number of aryl methyl sites for hydroxylation is 1. The van der Waals surface area contributed by atoms with Crippen LogP contribution in [0.1, 0.15) is 25.8 Å². The molecule has 1 saturated heterocycles. The molecular weight excluding hydrogens is 489 g/mol. The Kier molecular flexibility index (Phi) is 8.69. The number of nitrogens with one attached hydrogen (secondary N) is 2. The van der Waals surface area contributed by atoms with E-state index in [1.165, 1.54) is 23.0 Å². The van der Waals surface area contributed by atoms with Crippen molar-refractivity contribution in [1.82, 2.24) is 19.7 Å². The molecule has 0 spiro atoms. The summed E-state index contributed by atoms with van der Waals surface area (Å²) in [6.07, 6.45) is 0.520. The van der Waals surface area contributed by atoms with Gasteiger partial charge in [0, 0.05) is 44.0 Å². The van der Waals surface area contributed by atoms with Crippen LogP contribution in [0.2, 0.25) is 0 Å². The fraction of sp³-hybridized carbons (Fsp3) is 0.458. The normalized spacial score (nSPS) is 17.1. The van der Waals surface area contributed by atoms with Crippen molar-refractivity contribution in [2.45, 2.75) is 26.4 Å². The molecule has 2 aromatic rings. The van der Waals surface area contributed by atoms with Gasteiger partial charge >= 0.3 is 6.18 Å². The van der Waals surface area contributed by atoms with Gasteiger partial charge in [-0.2, -0.15) is 18.3 Å². The second-order valence-corrected chi connectivity index (χ2v) is 9.10. The highest BCUT2D eigenvalue weighted by Crippen LogP contribution is 2.30. The lowest BCUT2D eigenvalue weighted by Crippen LogP contribution is -2.28. The minimum absolute atomic E-state index is 0.0405. The molecular formula is C24H31F3N8O2. The number of halogens is 3. The third kappa shape index (κ3) is 7.62. The van der Waals surface area contributed by atoms with Crippen LogP contribution in [0.15, 0.2) is 41.3 Å². The molecule has 0 saturated carbocycles. The largest absolute Gasteiger partial charge is 0.405 e. The summed E-state index contributed by atoms with van der Waals surface area (Å²) in [6.45, 7) is 3.33. The summed E-state index contributed by atoms with van der Waals surface area (Å²) in [7, 11) is 5.60. The molecule has 3 heterocycles. The van der Waals surface area contributed by atoms with Crippen molar-refractivity contribution >= 4 is 34.8 Å². The summed E-state index contributed by atoms with van der Waals surface area (Å²) >= 11 is 0. The first-order chi connectivity index (χ1) is 17.4. The van der Waals surface area contributed by atoms with Crippen LogP contribution in [0.3, 0.4) is 0 Å². The Balaban J connectivity index is 1.75. The van der Waals surface area contributed by atoms with Gasteiger partial charge in [0.2, 0.25) is 5.91 Å². The third-order valence-electron chi connectivity index (χ3n) is 5.58. The quantitative estimate of drug-likeness (QED) is 0.389. The van der Waals surface area contributed by atoms with Gasteiger partial charge in [-0.05, 0) is 46.0 Å². The highest BCUT2D eigenvalue weighted by Gasteiger charge is 2.34. The molecule has 10 nitrogen and oxygen atoms in total. The number of allylic oxidation sites excluding steroid dienone is 1. The van der Waals surface area contributed by atoms with E-state index in [1.54, 1.807) is 38.1 Å². The van der Waals surface area contributed by atoms with Crippen LogP contribution in [0.25, 0.3) is 0 Å². The number of amides is 2. The molecule has 1 aliphatic heterocycles. The Morgan fingerprint density at radius 2 is 2.08 bits per heavy atom. The maximum atomic E-state index is 13.1. The number of hydrogen-bond donors (Lipinski definition) is 2. The molecule has 2 N–H and O–H groups in total. The van der Waals surface area contributed by atoms with E-state index in [4.69, 9.17) is 0 Å². The summed E-state index contributed by atoms with van der Waals surface area (Å²) in [5, 5.41) is 9.41. The molecule has 0 aromatic carbocycles. The molecule has 13 heteroatoms. The zero-order chi connectivity index (χ0) is 27.3. The summed E-state index contributed by atoms with van der Waals surface area (Å²) in [5.41, 5.74) is 1.38. The number of hydrogen-bond acceptors (Lipinski definition) is 7. The van der Waals surface area contributed by atoms with E-state index in [-0.39, 0.29) is 23.3 Å². The average molecular weight is 521 g/mol. The Hall–Kier alpha value is -3.74. The van der Waals surface area contributed by atoms with E-state index in [9.17, 15) is 22.8 Å². The molecule has 1 aliphatic rings. The number of anilines is 3. The van der Waals surface area contributed by atoms with Crippen molar-refractivity contribution in [3.8, 4) is 0 Å². The summed E-state index contributed by atoms with van der Waals surface area (Å²) < 4.78 is 39.1. The third-order valence-corrected chi connectivity index (χ3v) is 5.58. The van der Waals surface area contributed by atoms with Gasteiger partial charge in [0.25, 0.3) is 5.91 Å². The smallest absolute Gasteiger partial charge is 0.361 e. The van der Waals surface area contributed by atoms with Gasteiger partial charge in [-0.3, -0.25) is 19.2 Å². The van der Waals surface area contributed by atoms with Crippen LogP contribution in [0.5, 0.6) is 0 Å². The molecule has 1 atom stereocenters. The predicted molar refractivity (Wildman–Crippen MR) is 136 cm³/mol. The van der Waals surface area contributed by atoms with E-state index >= 15 is 0 Å². The van der Waals surface area contributed by atoms with E-state index in [0.717, 1.165) is 6.54 Å². The van der Waals surface area contributed by atoms with E-state index < -0.39 is 18.6 Å². The molecule has 2 amide bonds. The Morgan fingerprint density at radius 1 is 1.35 bits per heavy atom. The van der Waals surface area contributed by atoms with E-state index in [2.05, 4.69) is 25.7 Å². The van der Waals surface area contributed by atoms with Gasteiger partial charge in [-0.25, -0.2) is 9.98 Å². The molecule has 1 fully saturated rings. The second kappa shape index (κ2) is 11.5. The molecule has 3 rings (SSSR count). The lowest BCUT2D eigenvalue weighted by Gasteiger charge is -2.18. The number of nitrogens with zero attached hydrogens (tertiary/aromatic N) is 6. The van der Waals surface area contributed by atoms with Crippen molar-refractivity contribution in [1.29, 1.82) is 0 Å². The monoisotopic (exact) mass is 520 g/mol. The number of carbonyl (C=O) groups is 2. The number of alkyl halides is 3. The molecule has 0 bridgehead atoms. The molecule has 0 aliphatic carbocycles. The first-order valence-corrected chi connectivity index (χ1v) is 11.6. The molecule has 37 heavy (non-hydrogen) atoms. The number of aromatic nitrogens is 3. The minimum Gasteiger partial charge on any atom is -0.361 e. The summed E-state index contributed by atoms with van der Waals surface area (Å²) in [5.74, 6) is -0.0142. The van der Waals surface area contributed by atoms with Gasteiger partial charge in [-0.1, -0.05) is 6.08 Å². The van der Waals surface area contributed by atoms with E-state index in [1.807, 2.05) is 19.0 Å². The molecule has 200 valence electrons.